The normalized spacial score (nSPS) is 11.3. The summed E-state index contributed by atoms with van der Waals surface area (Å²) < 4.78 is 0. The van der Waals surface area contributed by atoms with Crippen LogP contribution in [0.1, 0.15) is 38.3 Å². The maximum atomic E-state index is 11.2. The van der Waals surface area contributed by atoms with Crippen molar-refractivity contribution in [1.29, 1.82) is 0 Å². The van der Waals surface area contributed by atoms with Gasteiger partial charge in [0.1, 0.15) is 0 Å². The highest BCUT2D eigenvalue weighted by atomic mass is 32.1. The van der Waals surface area contributed by atoms with E-state index >= 15 is 0 Å². The number of aryl methyl sites for hydroxylation is 1. The van der Waals surface area contributed by atoms with E-state index in [1.54, 1.807) is 0 Å². The van der Waals surface area contributed by atoms with Gasteiger partial charge in [0.2, 0.25) is 5.91 Å². The van der Waals surface area contributed by atoms with Gasteiger partial charge in [-0.15, -0.1) is 0 Å². The summed E-state index contributed by atoms with van der Waals surface area (Å²) in [5.74, 6) is 0.222. The molecule has 1 amide bonds. The molecule has 1 aromatic rings. The second-order valence-corrected chi connectivity index (χ2v) is 5.58. The Morgan fingerprint density at radius 2 is 1.89 bits per heavy atom. The fourth-order valence-electron chi connectivity index (χ4n) is 1.89. The van der Waals surface area contributed by atoms with Gasteiger partial charge in [-0.2, -0.15) is 12.6 Å². The number of nitrogens with one attached hydrogen (secondary N) is 1. The van der Waals surface area contributed by atoms with Gasteiger partial charge in [0, 0.05) is 12.0 Å². The fraction of sp³-hybridized carbons (Fsp3) is 0.533. The van der Waals surface area contributed by atoms with E-state index in [1.807, 2.05) is 0 Å². The summed E-state index contributed by atoms with van der Waals surface area (Å²) in [5, 5.41) is 2.90. The molecule has 1 rings (SSSR count). The molecule has 2 nitrogen and oxygen atoms in total. The third-order valence-electron chi connectivity index (χ3n) is 3.15. The van der Waals surface area contributed by atoms with Crippen LogP contribution in [-0.2, 0) is 16.6 Å². The Morgan fingerprint density at radius 3 is 2.39 bits per heavy atom. The minimum absolute atomic E-state index is 0.0194. The minimum Gasteiger partial charge on any atom is -0.355 e. The number of benzene rings is 1. The van der Waals surface area contributed by atoms with E-state index in [9.17, 15) is 4.79 Å². The molecule has 0 saturated carbocycles. The van der Waals surface area contributed by atoms with Crippen molar-refractivity contribution in [3.8, 4) is 0 Å². The first-order valence-electron chi connectivity index (χ1n) is 6.46. The number of amides is 1. The van der Waals surface area contributed by atoms with E-state index in [0.29, 0.717) is 6.54 Å². The predicted molar refractivity (Wildman–Crippen MR) is 80.3 cm³/mol. The Labute approximate surface area is 116 Å². The number of thiol groups is 1. The molecule has 1 aromatic carbocycles. The molecule has 0 spiro atoms. The number of rotatable bonds is 6. The number of hydrogen-bond acceptors (Lipinski definition) is 2. The van der Waals surface area contributed by atoms with Gasteiger partial charge in [-0.1, -0.05) is 51.5 Å². The van der Waals surface area contributed by atoms with Crippen LogP contribution < -0.4 is 5.32 Å². The highest BCUT2D eigenvalue weighted by Crippen LogP contribution is 2.23. The smallest absolute Gasteiger partial charge is 0.229 e. The van der Waals surface area contributed by atoms with Crippen LogP contribution in [0.2, 0.25) is 0 Å². The Balaban J connectivity index is 2.68. The Bertz CT molecular complexity index is 384. The first-order valence-corrected chi connectivity index (χ1v) is 7.10. The van der Waals surface area contributed by atoms with E-state index in [2.05, 4.69) is 63.0 Å². The van der Waals surface area contributed by atoms with Crippen LogP contribution >= 0.6 is 12.6 Å². The average Bonchev–Trinajstić information content (AvgIpc) is 2.37. The lowest BCUT2D eigenvalue weighted by Crippen LogP contribution is -2.37. The minimum atomic E-state index is -0.0522. The van der Waals surface area contributed by atoms with Crippen molar-refractivity contribution < 1.29 is 4.79 Å². The molecule has 3 heteroatoms. The molecule has 100 valence electrons. The largest absolute Gasteiger partial charge is 0.355 e. The van der Waals surface area contributed by atoms with Crippen molar-refractivity contribution in [2.75, 3.05) is 12.3 Å². The molecule has 1 N–H and O–H groups in total. The predicted octanol–water partition coefficient (Wildman–Crippen LogP) is 2.96. The lowest BCUT2D eigenvalue weighted by molar-refractivity contribution is -0.118. The maximum Gasteiger partial charge on any atom is 0.229 e. The summed E-state index contributed by atoms with van der Waals surface area (Å²) in [6.07, 6.45) is 2.29. The Kier molecular flexibility index (Phi) is 5.73. The van der Waals surface area contributed by atoms with Gasteiger partial charge < -0.3 is 5.32 Å². The molecule has 0 heterocycles. The average molecular weight is 265 g/mol. The van der Waals surface area contributed by atoms with Crippen LogP contribution in [0.4, 0.5) is 0 Å². The summed E-state index contributed by atoms with van der Waals surface area (Å²) in [7, 11) is 0. The summed E-state index contributed by atoms with van der Waals surface area (Å²) >= 11 is 3.96. The van der Waals surface area contributed by atoms with Gasteiger partial charge in [-0.05, 0) is 17.5 Å². The third-order valence-corrected chi connectivity index (χ3v) is 3.43. The number of carbonyl (C=O) groups is 1. The third kappa shape index (κ3) is 4.37. The zero-order valence-corrected chi connectivity index (χ0v) is 12.4. The molecule has 0 atom stereocenters. The van der Waals surface area contributed by atoms with Crippen LogP contribution in [0.15, 0.2) is 24.3 Å². The molecule has 0 unspecified atom stereocenters. The fourth-order valence-corrected chi connectivity index (χ4v) is 2.00. The number of carbonyl (C=O) groups excluding carboxylic acids is 1. The first kappa shape index (κ1) is 15.1. The molecule has 0 aromatic heterocycles. The summed E-state index contributed by atoms with van der Waals surface area (Å²) in [6, 6.07) is 8.69. The van der Waals surface area contributed by atoms with Crippen LogP contribution in [0, 0.1) is 0 Å². The molecule has 0 aliphatic rings. The summed E-state index contributed by atoms with van der Waals surface area (Å²) in [4.78, 5) is 11.2. The van der Waals surface area contributed by atoms with Gasteiger partial charge in [0.15, 0.2) is 0 Å². The molecule has 0 radical (unpaired) electrons. The van der Waals surface area contributed by atoms with Crippen molar-refractivity contribution in [3.63, 3.8) is 0 Å². The SMILES string of the molecule is CCCc1ccc(C(C)(C)CNC(=O)CS)cc1. The molecule has 0 saturated heterocycles. The quantitative estimate of drug-likeness (QED) is 0.761. The number of hydrogen-bond donors (Lipinski definition) is 2. The van der Waals surface area contributed by atoms with Crippen molar-refractivity contribution in [3.05, 3.63) is 35.4 Å². The van der Waals surface area contributed by atoms with E-state index in [4.69, 9.17) is 0 Å². The van der Waals surface area contributed by atoms with Crippen LogP contribution in [0.3, 0.4) is 0 Å². The maximum absolute atomic E-state index is 11.2. The van der Waals surface area contributed by atoms with Crippen LogP contribution in [-0.4, -0.2) is 18.2 Å². The molecule has 0 aliphatic carbocycles. The second kappa shape index (κ2) is 6.83. The topological polar surface area (TPSA) is 29.1 Å². The Hall–Kier alpha value is -0.960. The zero-order valence-electron chi connectivity index (χ0n) is 11.5. The van der Waals surface area contributed by atoms with Crippen molar-refractivity contribution in [2.45, 2.75) is 39.0 Å². The second-order valence-electron chi connectivity index (χ2n) is 5.27. The standard InChI is InChI=1S/C15H23NOS/c1-4-5-12-6-8-13(9-7-12)15(2,3)11-16-14(17)10-18/h6-9,18H,4-5,10-11H2,1-3H3,(H,16,17). The van der Waals surface area contributed by atoms with Gasteiger partial charge in [-0.25, -0.2) is 0 Å². The lowest BCUT2D eigenvalue weighted by atomic mass is 9.84. The van der Waals surface area contributed by atoms with Crippen LogP contribution in [0.5, 0.6) is 0 Å². The molecular weight excluding hydrogens is 242 g/mol. The molecule has 0 aliphatic heterocycles. The molecule has 0 bridgehead atoms. The van der Waals surface area contributed by atoms with Gasteiger partial charge >= 0.3 is 0 Å². The summed E-state index contributed by atoms with van der Waals surface area (Å²) in [5.41, 5.74) is 2.57. The van der Waals surface area contributed by atoms with Crippen molar-refractivity contribution in [2.24, 2.45) is 0 Å². The first-order chi connectivity index (χ1) is 8.49. The van der Waals surface area contributed by atoms with Gasteiger partial charge in [-0.3, -0.25) is 4.79 Å². The van der Waals surface area contributed by atoms with Crippen molar-refractivity contribution in [1.82, 2.24) is 5.32 Å². The molecular formula is C15H23NOS. The Morgan fingerprint density at radius 1 is 1.28 bits per heavy atom. The lowest BCUT2D eigenvalue weighted by Gasteiger charge is -2.25. The van der Waals surface area contributed by atoms with E-state index in [0.717, 1.165) is 6.42 Å². The summed E-state index contributed by atoms with van der Waals surface area (Å²) in [6.45, 7) is 7.10. The van der Waals surface area contributed by atoms with E-state index < -0.39 is 0 Å². The highest BCUT2D eigenvalue weighted by molar-refractivity contribution is 7.81. The van der Waals surface area contributed by atoms with Gasteiger partial charge in [0.25, 0.3) is 0 Å². The van der Waals surface area contributed by atoms with Crippen molar-refractivity contribution >= 4 is 18.5 Å². The molecule has 18 heavy (non-hydrogen) atoms. The highest BCUT2D eigenvalue weighted by Gasteiger charge is 2.20. The zero-order chi connectivity index (χ0) is 13.6. The monoisotopic (exact) mass is 265 g/mol. The van der Waals surface area contributed by atoms with Gasteiger partial charge in [0.05, 0.1) is 5.75 Å². The van der Waals surface area contributed by atoms with E-state index in [-0.39, 0.29) is 17.1 Å². The van der Waals surface area contributed by atoms with Crippen LogP contribution in [0.25, 0.3) is 0 Å². The van der Waals surface area contributed by atoms with E-state index in [1.165, 1.54) is 17.5 Å². The molecule has 0 fully saturated rings.